The monoisotopic (exact) mass is 381 g/mol. The second kappa shape index (κ2) is 6.81. The molecule has 2 heterocycles. The van der Waals surface area contributed by atoms with E-state index in [1.165, 1.54) is 28.8 Å². The number of hydrogen-bond acceptors (Lipinski definition) is 7. The van der Waals surface area contributed by atoms with Crippen LogP contribution in [0.25, 0.3) is 6.08 Å². The fourth-order valence-corrected chi connectivity index (χ4v) is 3.58. The number of carbonyl (C=O) groups is 2. The van der Waals surface area contributed by atoms with E-state index in [4.69, 9.17) is 9.47 Å². The lowest BCUT2D eigenvalue weighted by Crippen LogP contribution is -2.23. The van der Waals surface area contributed by atoms with E-state index in [-0.39, 0.29) is 18.3 Å². The van der Waals surface area contributed by atoms with Gasteiger partial charge in [-0.05, 0) is 53.2 Å². The molecule has 27 heavy (non-hydrogen) atoms. The van der Waals surface area contributed by atoms with Crippen molar-refractivity contribution >= 4 is 40.6 Å². The largest absolute Gasteiger partial charge is 0.545 e. The summed E-state index contributed by atoms with van der Waals surface area (Å²) in [7, 11) is 1.64. The Labute approximate surface area is 158 Å². The number of thioether (sulfide) groups is 1. The van der Waals surface area contributed by atoms with Gasteiger partial charge in [-0.25, -0.2) is 4.99 Å². The van der Waals surface area contributed by atoms with Crippen LogP contribution in [0.5, 0.6) is 11.5 Å². The van der Waals surface area contributed by atoms with Crippen molar-refractivity contribution in [3.8, 4) is 11.5 Å². The van der Waals surface area contributed by atoms with Crippen LogP contribution in [0.4, 0.5) is 5.69 Å². The SMILES string of the molecule is CN1C(=O)/C(=C/c2ccc3c(c2)OCO3)SC1=Nc1ccc(C(=O)[O-])cc1. The van der Waals surface area contributed by atoms with Crippen molar-refractivity contribution in [1.82, 2.24) is 4.90 Å². The zero-order valence-electron chi connectivity index (χ0n) is 14.2. The quantitative estimate of drug-likeness (QED) is 0.756. The highest BCUT2D eigenvalue weighted by Gasteiger charge is 2.30. The van der Waals surface area contributed by atoms with Gasteiger partial charge in [0.05, 0.1) is 16.6 Å². The maximum absolute atomic E-state index is 12.5. The lowest BCUT2D eigenvalue weighted by atomic mass is 10.2. The smallest absolute Gasteiger partial charge is 0.266 e. The Morgan fingerprint density at radius 2 is 1.93 bits per heavy atom. The van der Waals surface area contributed by atoms with Gasteiger partial charge in [-0.1, -0.05) is 18.2 Å². The van der Waals surface area contributed by atoms with E-state index >= 15 is 0 Å². The third-order valence-electron chi connectivity index (χ3n) is 4.03. The highest BCUT2D eigenvalue weighted by Crippen LogP contribution is 2.36. The zero-order chi connectivity index (χ0) is 19.0. The van der Waals surface area contributed by atoms with E-state index in [1.807, 2.05) is 12.1 Å². The van der Waals surface area contributed by atoms with Crippen LogP contribution in [0, 0.1) is 0 Å². The van der Waals surface area contributed by atoms with Crippen molar-refractivity contribution < 1.29 is 24.2 Å². The van der Waals surface area contributed by atoms with Crippen LogP contribution >= 0.6 is 11.8 Å². The van der Waals surface area contributed by atoms with E-state index < -0.39 is 5.97 Å². The third kappa shape index (κ3) is 3.39. The molecule has 0 saturated carbocycles. The number of ether oxygens (including phenoxy) is 2. The number of rotatable bonds is 3. The van der Waals surface area contributed by atoms with Gasteiger partial charge in [-0.3, -0.25) is 9.69 Å². The predicted octanol–water partition coefficient (Wildman–Crippen LogP) is 2.01. The minimum atomic E-state index is -1.24. The third-order valence-corrected chi connectivity index (χ3v) is 5.09. The van der Waals surface area contributed by atoms with Gasteiger partial charge in [-0.15, -0.1) is 0 Å². The lowest BCUT2D eigenvalue weighted by Gasteiger charge is -2.07. The van der Waals surface area contributed by atoms with Gasteiger partial charge in [0.2, 0.25) is 6.79 Å². The van der Waals surface area contributed by atoms with Crippen molar-refractivity contribution in [2.24, 2.45) is 4.99 Å². The van der Waals surface area contributed by atoms with Gasteiger partial charge in [0.15, 0.2) is 16.7 Å². The number of benzene rings is 2. The normalized spacial score (nSPS) is 18.6. The van der Waals surface area contributed by atoms with Gasteiger partial charge in [0.1, 0.15) is 0 Å². The minimum absolute atomic E-state index is 0.0749. The number of fused-ring (bicyclic) bond motifs is 1. The van der Waals surface area contributed by atoms with Crippen molar-refractivity contribution in [2.45, 2.75) is 0 Å². The van der Waals surface area contributed by atoms with Crippen LogP contribution in [0.15, 0.2) is 52.4 Å². The molecule has 0 aromatic heterocycles. The summed E-state index contributed by atoms with van der Waals surface area (Å²) in [6, 6.07) is 11.4. The fraction of sp³-hybridized carbons (Fsp3) is 0.105. The van der Waals surface area contributed by atoms with Crippen LogP contribution < -0.4 is 14.6 Å². The van der Waals surface area contributed by atoms with Crippen molar-refractivity contribution in [3.05, 3.63) is 58.5 Å². The zero-order valence-corrected chi connectivity index (χ0v) is 15.0. The Morgan fingerprint density at radius 3 is 2.67 bits per heavy atom. The van der Waals surface area contributed by atoms with E-state index in [0.717, 1.165) is 5.56 Å². The van der Waals surface area contributed by atoms with E-state index in [2.05, 4.69) is 4.99 Å². The van der Waals surface area contributed by atoms with Gasteiger partial charge >= 0.3 is 0 Å². The molecule has 2 aromatic carbocycles. The molecule has 0 N–H and O–H groups in total. The molecular formula is C19H13N2O5S-. The highest BCUT2D eigenvalue weighted by atomic mass is 32.2. The molecule has 2 aromatic rings. The van der Waals surface area contributed by atoms with E-state index in [9.17, 15) is 14.7 Å². The van der Waals surface area contributed by atoms with Gasteiger partial charge < -0.3 is 19.4 Å². The number of aliphatic imine (C=N–C) groups is 1. The number of carbonyl (C=O) groups excluding carboxylic acids is 2. The molecular weight excluding hydrogens is 368 g/mol. The Balaban J connectivity index is 1.58. The molecule has 2 aliphatic rings. The molecule has 8 heteroatoms. The van der Waals surface area contributed by atoms with Crippen LogP contribution in [0.2, 0.25) is 0 Å². The molecule has 0 bridgehead atoms. The number of amides is 1. The Hall–Kier alpha value is -3.26. The molecule has 1 fully saturated rings. The molecule has 7 nitrogen and oxygen atoms in total. The fourth-order valence-electron chi connectivity index (χ4n) is 2.59. The maximum Gasteiger partial charge on any atom is 0.266 e. The molecule has 136 valence electrons. The summed E-state index contributed by atoms with van der Waals surface area (Å²) in [6.45, 7) is 0.194. The number of aromatic carboxylic acids is 1. The second-order valence-electron chi connectivity index (χ2n) is 5.82. The minimum Gasteiger partial charge on any atom is -0.545 e. The summed E-state index contributed by atoms with van der Waals surface area (Å²) < 4.78 is 10.6. The molecule has 1 amide bonds. The lowest BCUT2D eigenvalue weighted by molar-refractivity contribution is -0.255. The Morgan fingerprint density at radius 1 is 1.19 bits per heavy atom. The number of carboxylic acids is 1. The van der Waals surface area contributed by atoms with Crippen molar-refractivity contribution in [2.75, 3.05) is 13.8 Å². The second-order valence-corrected chi connectivity index (χ2v) is 6.83. The number of hydrogen-bond donors (Lipinski definition) is 0. The van der Waals surface area contributed by atoms with E-state index in [1.54, 1.807) is 31.3 Å². The number of likely N-dealkylation sites (N-methyl/N-ethyl adjacent to an activating group) is 1. The van der Waals surface area contributed by atoms with Gasteiger partial charge in [-0.2, -0.15) is 0 Å². The molecule has 0 radical (unpaired) electrons. The first-order valence-electron chi connectivity index (χ1n) is 7.98. The van der Waals surface area contributed by atoms with Crippen LogP contribution in [0.3, 0.4) is 0 Å². The standard InChI is InChI=1S/C19H14N2O5S/c1-21-17(22)16(9-11-2-7-14-15(8-11)26-10-25-14)27-19(21)20-13-5-3-12(4-6-13)18(23)24/h2-9H,10H2,1H3,(H,23,24)/p-1/b16-9-,20-19?. The number of amidine groups is 1. The highest BCUT2D eigenvalue weighted by molar-refractivity contribution is 8.18. The summed E-state index contributed by atoms with van der Waals surface area (Å²) in [5.41, 5.74) is 1.44. The summed E-state index contributed by atoms with van der Waals surface area (Å²) >= 11 is 1.25. The topological polar surface area (TPSA) is 91.3 Å². The molecule has 0 spiro atoms. The van der Waals surface area contributed by atoms with Crippen LogP contribution in [0.1, 0.15) is 15.9 Å². The molecule has 4 rings (SSSR count). The summed E-state index contributed by atoms with van der Waals surface area (Å²) in [4.78, 5) is 29.7. The molecule has 0 aliphatic carbocycles. The van der Waals surface area contributed by atoms with E-state index in [0.29, 0.717) is 27.3 Å². The Kier molecular flexibility index (Phi) is 4.33. The molecule has 0 unspecified atom stereocenters. The van der Waals surface area contributed by atoms with Gasteiger partial charge in [0.25, 0.3) is 5.91 Å². The summed E-state index contributed by atoms with van der Waals surface area (Å²) in [5, 5.41) is 11.3. The first-order valence-corrected chi connectivity index (χ1v) is 8.80. The summed E-state index contributed by atoms with van der Waals surface area (Å²) in [5.74, 6) is -0.0783. The first kappa shape index (κ1) is 17.2. The van der Waals surface area contributed by atoms with Gasteiger partial charge in [0, 0.05) is 7.05 Å². The van der Waals surface area contributed by atoms with Crippen molar-refractivity contribution in [1.29, 1.82) is 0 Å². The van der Waals surface area contributed by atoms with Crippen LogP contribution in [-0.4, -0.2) is 35.8 Å². The molecule has 0 atom stereocenters. The van der Waals surface area contributed by atoms with Crippen molar-refractivity contribution in [3.63, 3.8) is 0 Å². The molecule has 2 aliphatic heterocycles. The van der Waals surface area contributed by atoms with Crippen LogP contribution in [-0.2, 0) is 4.79 Å². The Bertz CT molecular complexity index is 998. The average molecular weight is 381 g/mol. The molecule has 1 saturated heterocycles. The summed E-state index contributed by atoms with van der Waals surface area (Å²) in [6.07, 6.45) is 1.77. The number of nitrogens with zero attached hydrogens (tertiary/aromatic N) is 2. The first-order chi connectivity index (χ1) is 13.0. The number of carboxylic acid groups (broad SMARTS) is 1. The maximum atomic E-state index is 12.5. The predicted molar refractivity (Wildman–Crippen MR) is 98.8 cm³/mol. The average Bonchev–Trinajstić information content (AvgIpc) is 3.22.